The van der Waals surface area contributed by atoms with Gasteiger partial charge in [-0.25, -0.2) is 9.78 Å². The third-order valence-corrected chi connectivity index (χ3v) is 10.4. The summed E-state index contributed by atoms with van der Waals surface area (Å²) < 4.78 is 0. The molecule has 1 aromatic heterocycles. The van der Waals surface area contributed by atoms with E-state index in [1.54, 1.807) is 50.2 Å². The summed E-state index contributed by atoms with van der Waals surface area (Å²) in [5, 5.41) is 30.8. The minimum absolute atomic E-state index is 0.0262. The molecule has 1 saturated heterocycles. The fourth-order valence-electron chi connectivity index (χ4n) is 6.70. The van der Waals surface area contributed by atoms with E-state index in [0.29, 0.717) is 30.5 Å². The van der Waals surface area contributed by atoms with Crippen LogP contribution in [0, 0.1) is 11.8 Å². The lowest BCUT2D eigenvalue weighted by molar-refractivity contribution is -0.145. The van der Waals surface area contributed by atoms with Gasteiger partial charge in [-0.15, -0.1) is 0 Å². The number of carbonyl (C=O) groups is 6. The fraction of sp³-hybridized carbons (Fsp3) is 0.488. The van der Waals surface area contributed by atoms with E-state index in [0.717, 1.165) is 5.56 Å². The van der Waals surface area contributed by atoms with Crippen molar-refractivity contribution in [3.63, 3.8) is 0 Å². The number of hydrogen-bond acceptors (Lipinski definition) is 9. The number of benzene rings is 2. The Kier molecular flexibility index (Phi) is 16.2. The molecule has 16 heteroatoms. The molecule has 2 aromatic carbocycles. The van der Waals surface area contributed by atoms with Gasteiger partial charge in [0.2, 0.25) is 29.5 Å². The SMILES string of the molecule is CCC(C)C(CC(=O)NC(Cc1cnc[nH]1)C(=O)N1CCCC1C(=O)NC(Cc1ccccc1)C(=O)O)NC(=O)C(Cc1ccc(O)cc1)NC(=O)C(N)C(C)C. The van der Waals surface area contributed by atoms with E-state index in [4.69, 9.17) is 5.73 Å². The van der Waals surface area contributed by atoms with Crippen LogP contribution in [0.25, 0.3) is 0 Å². The molecule has 7 atom stereocenters. The number of phenols is 1. The van der Waals surface area contributed by atoms with Crippen LogP contribution >= 0.6 is 0 Å². The van der Waals surface area contributed by atoms with Gasteiger partial charge in [-0.1, -0.05) is 76.6 Å². The molecule has 3 aromatic rings. The molecule has 57 heavy (non-hydrogen) atoms. The van der Waals surface area contributed by atoms with Crippen molar-refractivity contribution in [2.24, 2.45) is 17.6 Å². The Morgan fingerprint density at radius 1 is 0.860 bits per heavy atom. The van der Waals surface area contributed by atoms with Gasteiger partial charge in [-0.05, 0) is 47.9 Å². The summed E-state index contributed by atoms with van der Waals surface area (Å²) in [6.07, 6.45) is 4.34. The number of nitrogens with zero attached hydrogens (tertiary/aromatic N) is 2. The van der Waals surface area contributed by atoms with Crippen LogP contribution in [0.15, 0.2) is 67.1 Å². The number of aromatic amines is 1. The number of carboxylic acid groups (broad SMARTS) is 1. The first-order chi connectivity index (χ1) is 27.2. The Balaban J connectivity index is 1.50. The highest BCUT2D eigenvalue weighted by molar-refractivity contribution is 5.94. The molecule has 7 unspecified atom stereocenters. The number of rotatable bonds is 20. The third kappa shape index (κ3) is 12.9. The van der Waals surface area contributed by atoms with Crippen molar-refractivity contribution >= 4 is 35.5 Å². The second-order valence-electron chi connectivity index (χ2n) is 15.1. The second kappa shape index (κ2) is 20.9. The van der Waals surface area contributed by atoms with Crippen LogP contribution in [0.4, 0.5) is 0 Å². The molecule has 0 spiro atoms. The zero-order chi connectivity index (χ0) is 41.6. The van der Waals surface area contributed by atoms with Crippen LogP contribution in [0.1, 0.15) is 70.2 Å². The monoisotopic (exact) mass is 788 g/mol. The average molecular weight is 789 g/mol. The van der Waals surface area contributed by atoms with Crippen molar-refractivity contribution in [3.8, 4) is 5.75 Å². The van der Waals surface area contributed by atoms with Gasteiger partial charge in [0.15, 0.2) is 0 Å². The number of nitrogens with two attached hydrogens (primary N) is 1. The molecule has 308 valence electrons. The van der Waals surface area contributed by atoms with Crippen molar-refractivity contribution in [2.75, 3.05) is 6.54 Å². The average Bonchev–Trinajstić information content (AvgIpc) is 3.90. The number of likely N-dealkylation sites (tertiary alicyclic amines) is 1. The van der Waals surface area contributed by atoms with Gasteiger partial charge in [0, 0.05) is 50.2 Å². The number of nitrogens with one attached hydrogen (secondary N) is 5. The van der Waals surface area contributed by atoms with Gasteiger partial charge < -0.3 is 47.1 Å². The molecule has 1 fully saturated rings. The van der Waals surface area contributed by atoms with Crippen molar-refractivity contribution < 1.29 is 39.0 Å². The number of carbonyl (C=O) groups excluding carboxylic acids is 5. The van der Waals surface area contributed by atoms with Crippen molar-refractivity contribution in [3.05, 3.63) is 83.9 Å². The number of imidazole rings is 1. The Labute approximate surface area is 332 Å². The zero-order valence-electron chi connectivity index (χ0n) is 32.9. The first kappa shape index (κ1) is 44.0. The summed E-state index contributed by atoms with van der Waals surface area (Å²) in [6.45, 7) is 7.60. The van der Waals surface area contributed by atoms with E-state index in [-0.39, 0.29) is 49.8 Å². The summed E-state index contributed by atoms with van der Waals surface area (Å²) in [6, 6.07) is 9.24. The maximum atomic E-state index is 14.2. The lowest BCUT2D eigenvalue weighted by Gasteiger charge is -2.31. The molecule has 1 aliphatic heterocycles. The third-order valence-electron chi connectivity index (χ3n) is 10.4. The summed E-state index contributed by atoms with van der Waals surface area (Å²) in [4.78, 5) is 89.0. The standard InChI is InChI=1S/C41H56N8O8/c1-5-25(4)30(46-37(52)31(47-39(54)36(42)24(2)3)18-27-13-15-29(50)16-14-27)21-35(51)45-32(20-28-22-43-23-44-28)40(55)49-17-9-12-34(49)38(53)48-33(41(56)57)19-26-10-7-6-8-11-26/h6-8,10-11,13-16,22-25,30-34,36,50H,5,9,12,17-21,42H2,1-4H3,(H,43,44)(H,45,51)(H,46,52)(H,47,54)(H,48,53)(H,56,57). The van der Waals surface area contributed by atoms with Gasteiger partial charge >= 0.3 is 5.97 Å². The van der Waals surface area contributed by atoms with E-state index >= 15 is 0 Å². The van der Waals surface area contributed by atoms with Crippen molar-refractivity contribution in [2.45, 2.75) is 109 Å². The molecule has 9 N–H and O–H groups in total. The highest BCUT2D eigenvalue weighted by Gasteiger charge is 2.39. The zero-order valence-corrected chi connectivity index (χ0v) is 32.9. The van der Waals surface area contributed by atoms with E-state index in [9.17, 15) is 39.0 Å². The molecule has 1 aliphatic rings. The molecule has 16 nitrogen and oxygen atoms in total. The Morgan fingerprint density at radius 3 is 2.14 bits per heavy atom. The minimum Gasteiger partial charge on any atom is -0.508 e. The number of aromatic hydroxyl groups is 1. The van der Waals surface area contributed by atoms with Gasteiger partial charge in [-0.2, -0.15) is 0 Å². The fourth-order valence-corrected chi connectivity index (χ4v) is 6.70. The van der Waals surface area contributed by atoms with Gasteiger partial charge in [0.25, 0.3) is 0 Å². The first-order valence-electron chi connectivity index (χ1n) is 19.4. The van der Waals surface area contributed by atoms with Crippen LogP contribution in [0.3, 0.4) is 0 Å². The lowest BCUT2D eigenvalue weighted by Crippen LogP contribution is -2.57. The number of aromatic nitrogens is 2. The number of aliphatic carboxylic acids is 1. The Bertz CT molecular complexity index is 1800. The van der Waals surface area contributed by atoms with Crippen molar-refractivity contribution in [1.29, 1.82) is 0 Å². The normalized spacial score (nSPS) is 17.1. The molecule has 5 amide bonds. The Hall–Kier alpha value is -5.77. The molecule has 0 bridgehead atoms. The molecule has 0 aliphatic carbocycles. The van der Waals surface area contributed by atoms with Crippen LogP contribution in [-0.2, 0) is 48.0 Å². The molecule has 2 heterocycles. The largest absolute Gasteiger partial charge is 0.508 e. The van der Waals surface area contributed by atoms with Crippen LogP contribution in [0.5, 0.6) is 5.75 Å². The molecule has 0 radical (unpaired) electrons. The van der Waals surface area contributed by atoms with Crippen LogP contribution < -0.4 is 27.0 Å². The van der Waals surface area contributed by atoms with Gasteiger partial charge in [-0.3, -0.25) is 24.0 Å². The van der Waals surface area contributed by atoms with E-state index in [2.05, 4.69) is 31.2 Å². The van der Waals surface area contributed by atoms with E-state index in [1.807, 2.05) is 19.9 Å². The van der Waals surface area contributed by atoms with E-state index < -0.39 is 71.8 Å². The number of H-pyrrole nitrogens is 1. The number of amides is 5. The summed E-state index contributed by atoms with van der Waals surface area (Å²) in [7, 11) is 0. The highest BCUT2D eigenvalue weighted by Crippen LogP contribution is 2.21. The lowest BCUT2D eigenvalue weighted by atomic mass is 9.94. The van der Waals surface area contributed by atoms with Crippen LogP contribution in [0.2, 0.25) is 0 Å². The molecular formula is C41H56N8O8. The van der Waals surface area contributed by atoms with E-state index in [1.165, 1.54) is 29.6 Å². The predicted octanol–water partition coefficient (Wildman–Crippen LogP) is 1.58. The molecule has 4 rings (SSSR count). The number of carboxylic acids is 1. The number of hydrogen-bond donors (Lipinski definition) is 8. The molecule has 0 saturated carbocycles. The van der Waals surface area contributed by atoms with Crippen molar-refractivity contribution in [1.82, 2.24) is 36.1 Å². The maximum absolute atomic E-state index is 14.2. The minimum atomic E-state index is -1.22. The molecular weight excluding hydrogens is 732 g/mol. The second-order valence-corrected chi connectivity index (χ2v) is 15.1. The van der Waals surface area contributed by atoms with Gasteiger partial charge in [0.05, 0.1) is 12.4 Å². The number of phenolic OH excluding ortho intramolecular Hbond substituents is 1. The predicted molar refractivity (Wildman–Crippen MR) is 211 cm³/mol. The topological polar surface area (TPSA) is 249 Å². The summed E-state index contributed by atoms with van der Waals surface area (Å²) >= 11 is 0. The summed E-state index contributed by atoms with van der Waals surface area (Å²) in [5.74, 6) is -4.24. The quantitative estimate of drug-likeness (QED) is 0.0821. The Morgan fingerprint density at radius 2 is 1.53 bits per heavy atom. The van der Waals surface area contributed by atoms with Gasteiger partial charge in [0.1, 0.15) is 29.9 Å². The summed E-state index contributed by atoms with van der Waals surface area (Å²) in [5.41, 5.74) is 8.06. The first-order valence-corrected chi connectivity index (χ1v) is 19.4. The van der Waals surface area contributed by atoms with Crippen LogP contribution in [-0.4, -0.2) is 103 Å². The maximum Gasteiger partial charge on any atom is 0.326 e. The highest BCUT2D eigenvalue weighted by atomic mass is 16.4. The smallest absolute Gasteiger partial charge is 0.326 e.